The number of ether oxygens (including phenoxy) is 2. The van der Waals surface area contributed by atoms with Crippen molar-refractivity contribution < 1.29 is 19.1 Å². The molecule has 2 atom stereocenters. The van der Waals surface area contributed by atoms with Crippen LogP contribution in [0.1, 0.15) is 42.7 Å². The number of fused-ring (bicyclic) bond motifs is 3. The summed E-state index contributed by atoms with van der Waals surface area (Å²) in [6.45, 7) is 1.01. The first kappa shape index (κ1) is 12.5. The molecule has 3 aliphatic heterocycles. The lowest BCUT2D eigenvalue weighted by atomic mass is 9.79. The Kier molecular flexibility index (Phi) is 2.29. The molecule has 4 aliphatic rings. The molecule has 1 saturated heterocycles. The number of carbonyl (C=O) groups is 2. The van der Waals surface area contributed by atoms with Crippen molar-refractivity contribution in [2.24, 2.45) is 0 Å². The Labute approximate surface area is 128 Å². The normalized spacial score (nSPS) is 31.8. The number of hydrogen-bond donors (Lipinski definition) is 0. The van der Waals surface area contributed by atoms with Crippen LogP contribution < -0.4 is 9.47 Å². The molecule has 3 heterocycles. The molecular weight excluding hydrogens is 282 g/mol. The molecule has 1 spiro atoms. The van der Waals surface area contributed by atoms with Crippen LogP contribution >= 0.6 is 0 Å². The highest BCUT2D eigenvalue weighted by atomic mass is 16.7. The minimum Gasteiger partial charge on any atom is -0.454 e. The Balaban J connectivity index is 1.73. The van der Waals surface area contributed by atoms with Crippen LogP contribution in [-0.2, 0) is 16.0 Å². The van der Waals surface area contributed by atoms with Gasteiger partial charge in [-0.25, -0.2) is 0 Å². The Morgan fingerprint density at radius 2 is 2.00 bits per heavy atom. The summed E-state index contributed by atoms with van der Waals surface area (Å²) >= 11 is 0. The van der Waals surface area contributed by atoms with E-state index in [9.17, 15) is 9.59 Å². The van der Waals surface area contributed by atoms with Crippen LogP contribution in [0.2, 0.25) is 0 Å². The number of amides is 1. The number of ketones is 1. The summed E-state index contributed by atoms with van der Waals surface area (Å²) in [7, 11) is 0. The third kappa shape index (κ3) is 1.44. The maximum Gasteiger partial charge on any atom is 0.231 e. The molecule has 114 valence electrons. The quantitative estimate of drug-likeness (QED) is 0.733. The second kappa shape index (κ2) is 4.03. The molecule has 1 aromatic rings. The highest BCUT2D eigenvalue weighted by Crippen LogP contribution is 2.54. The van der Waals surface area contributed by atoms with Gasteiger partial charge in [-0.3, -0.25) is 9.59 Å². The van der Waals surface area contributed by atoms with E-state index in [0.29, 0.717) is 25.0 Å². The number of carbonyl (C=O) groups excluding carboxylic acids is 2. The molecule has 5 heteroatoms. The first-order valence-corrected chi connectivity index (χ1v) is 7.92. The van der Waals surface area contributed by atoms with E-state index in [-0.39, 0.29) is 29.9 Å². The van der Waals surface area contributed by atoms with Gasteiger partial charge in [0.1, 0.15) is 5.78 Å². The highest BCUT2D eigenvalue weighted by molar-refractivity contribution is 5.89. The Morgan fingerprint density at radius 3 is 2.86 bits per heavy atom. The van der Waals surface area contributed by atoms with E-state index in [1.807, 2.05) is 17.0 Å². The van der Waals surface area contributed by atoms with Gasteiger partial charge in [0.05, 0.1) is 12.0 Å². The average molecular weight is 299 g/mol. The van der Waals surface area contributed by atoms with Crippen molar-refractivity contribution in [3.8, 4) is 11.5 Å². The van der Waals surface area contributed by atoms with Gasteiger partial charge in [0, 0.05) is 25.3 Å². The maximum atomic E-state index is 12.7. The van der Waals surface area contributed by atoms with E-state index in [1.54, 1.807) is 0 Å². The van der Waals surface area contributed by atoms with Crippen molar-refractivity contribution in [2.45, 2.75) is 43.6 Å². The van der Waals surface area contributed by atoms with Crippen LogP contribution in [-0.4, -0.2) is 35.5 Å². The number of hydrogen-bond acceptors (Lipinski definition) is 4. The zero-order chi connectivity index (χ0) is 14.9. The van der Waals surface area contributed by atoms with E-state index in [1.165, 1.54) is 0 Å². The molecule has 2 fully saturated rings. The molecule has 5 rings (SSSR count). The monoisotopic (exact) mass is 299 g/mol. The predicted molar refractivity (Wildman–Crippen MR) is 76.9 cm³/mol. The summed E-state index contributed by atoms with van der Waals surface area (Å²) in [4.78, 5) is 27.0. The summed E-state index contributed by atoms with van der Waals surface area (Å²) in [5.41, 5.74) is 1.84. The predicted octanol–water partition coefficient (Wildman–Crippen LogP) is 1.78. The van der Waals surface area contributed by atoms with E-state index in [0.717, 1.165) is 36.3 Å². The lowest BCUT2D eigenvalue weighted by Gasteiger charge is -2.38. The van der Waals surface area contributed by atoms with Gasteiger partial charge in [-0.15, -0.1) is 0 Å². The summed E-state index contributed by atoms with van der Waals surface area (Å²) in [6, 6.07) is 3.95. The van der Waals surface area contributed by atoms with Gasteiger partial charge < -0.3 is 14.4 Å². The second-order valence-corrected chi connectivity index (χ2v) is 6.81. The molecular formula is C17H17NO4. The average Bonchev–Trinajstić information content (AvgIpc) is 3.16. The summed E-state index contributed by atoms with van der Waals surface area (Å²) in [5, 5.41) is 0. The smallest absolute Gasteiger partial charge is 0.231 e. The van der Waals surface area contributed by atoms with Gasteiger partial charge in [0.15, 0.2) is 11.5 Å². The van der Waals surface area contributed by atoms with Crippen LogP contribution in [0.25, 0.3) is 0 Å². The van der Waals surface area contributed by atoms with Crippen LogP contribution in [0.5, 0.6) is 11.5 Å². The van der Waals surface area contributed by atoms with Crippen molar-refractivity contribution in [2.75, 3.05) is 13.3 Å². The number of nitrogens with zero attached hydrogens (tertiary/aromatic N) is 1. The lowest BCUT2D eigenvalue weighted by molar-refractivity contribution is -0.134. The van der Waals surface area contributed by atoms with Crippen molar-refractivity contribution in [3.63, 3.8) is 0 Å². The minimum absolute atomic E-state index is 0.110. The fourth-order valence-corrected chi connectivity index (χ4v) is 4.91. The molecule has 1 amide bonds. The van der Waals surface area contributed by atoms with E-state index < -0.39 is 0 Å². The van der Waals surface area contributed by atoms with Gasteiger partial charge in [0.2, 0.25) is 12.7 Å². The van der Waals surface area contributed by atoms with Crippen molar-refractivity contribution in [1.82, 2.24) is 4.90 Å². The fraction of sp³-hybridized carbons (Fsp3) is 0.529. The molecule has 1 aliphatic carbocycles. The zero-order valence-corrected chi connectivity index (χ0v) is 12.3. The number of rotatable bonds is 0. The number of Topliss-reactive ketones (excluding diaryl/α,β-unsaturated/α-hetero) is 1. The van der Waals surface area contributed by atoms with Gasteiger partial charge in [-0.2, -0.15) is 0 Å². The van der Waals surface area contributed by atoms with Gasteiger partial charge in [-0.05, 0) is 36.1 Å². The first-order chi connectivity index (χ1) is 10.7. The van der Waals surface area contributed by atoms with Crippen molar-refractivity contribution in [3.05, 3.63) is 23.3 Å². The lowest BCUT2D eigenvalue weighted by Crippen LogP contribution is -2.48. The molecule has 1 saturated carbocycles. The summed E-state index contributed by atoms with van der Waals surface area (Å²) in [6.07, 6.45) is 3.38. The maximum absolute atomic E-state index is 12.7. The van der Waals surface area contributed by atoms with Crippen molar-refractivity contribution >= 4 is 11.7 Å². The van der Waals surface area contributed by atoms with Gasteiger partial charge in [-0.1, -0.05) is 0 Å². The third-order valence-corrected chi connectivity index (χ3v) is 5.77. The van der Waals surface area contributed by atoms with Gasteiger partial charge >= 0.3 is 0 Å². The molecule has 0 N–H and O–H groups in total. The summed E-state index contributed by atoms with van der Waals surface area (Å²) < 4.78 is 11.0. The van der Waals surface area contributed by atoms with E-state index in [2.05, 4.69) is 0 Å². The summed E-state index contributed by atoms with van der Waals surface area (Å²) in [5.74, 6) is 1.99. The Bertz CT molecular complexity index is 713. The molecule has 22 heavy (non-hydrogen) atoms. The Hall–Kier alpha value is -2.04. The van der Waals surface area contributed by atoms with Crippen molar-refractivity contribution in [1.29, 1.82) is 0 Å². The standard InChI is InChI=1S/C17H17NO4/c19-11-6-13-12-7-15-14(21-9-22-15)4-10(12)5-16(20)18-3-1-2-17(13,18)8-11/h4,7,13H,1-3,5-6,8-9H2/t13-,17-/m0/s1. The molecule has 0 radical (unpaired) electrons. The topological polar surface area (TPSA) is 55.8 Å². The van der Waals surface area contributed by atoms with Crippen LogP contribution in [0, 0.1) is 0 Å². The second-order valence-electron chi connectivity index (χ2n) is 6.81. The van der Waals surface area contributed by atoms with Crippen LogP contribution in [0.3, 0.4) is 0 Å². The first-order valence-electron chi connectivity index (χ1n) is 7.92. The fourth-order valence-electron chi connectivity index (χ4n) is 4.91. The molecule has 1 aromatic carbocycles. The highest BCUT2D eigenvalue weighted by Gasteiger charge is 2.56. The molecule has 5 nitrogen and oxygen atoms in total. The third-order valence-electron chi connectivity index (χ3n) is 5.77. The Morgan fingerprint density at radius 1 is 1.18 bits per heavy atom. The minimum atomic E-state index is -0.285. The van der Waals surface area contributed by atoms with E-state index >= 15 is 0 Å². The largest absolute Gasteiger partial charge is 0.454 e. The molecule has 0 unspecified atom stereocenters. The number of benzene rings is 1. The van der Waals surface area contributed by atoms with Crippen LogP contribution in [0.4, 0.5) is 0 Å². The SMILES string of the molecule is O=C1C[C@H]2c3cc4c(cc3CC(=O)N3CCC[C@]23C1)OCO4. The molecule has 0 bridgehead atoms. The molecule has 0 aromatic heterocycles. The van der Waals surface area contributed by atoms with E-state index in [4.69, 9.17) is 9.47 Å². The van der Waals surface area contributed by atoms with Crippen LogP contribution in [0.15, 0.2) is 12.1 Å². The zero-order valence-electron chi connectivity index (χ0n) is 12.3. The van der Waals surface area contributed by atoms with Gasteiger partial charge in [0.25, 0.3) is 0 Å².